The van der Waals surface area contributed by atoms with Crippen LogP contribution in [-0.4, -0.2) is 49.7 Å². The summed E-state index contributed by atoms with van der Waals surface area (Å²) < 4.78 is 11.2. The molecular weight excluding hydrogens is 1190 g/mol. The molecule has 38 heavy (non-hydrogen) atoms. The Labute approximate surface area is 311 Å². The minimum Gasteiger partial charge on any atom is -0.444 e. The van der Waals surface area contributed by atoms with E-state index in [0.717, 1.165) is 27.0 Å². The van der Waals surface area contributed by atoms with Crippen LogP contribution in [0.5, 0.6) is 0 Å². The number of nitrogens with two attached hydrogens (primary N) is 1. The lowest BCUT2D eigenvalue weighted by Gasteiger charge is -2.19. The van der Waals surface area contributed by atoms with E-state index in [9.17, 15) is 14.4 Å². The summed E-state index contributed by atoms with van der Waals surface area (Å²) in [4.78, 5) is 35.4. The summed E-state index contributed by atoms with van der Waals surface area (Å²) in [5.74, 6) is -0.201. The predicted molar refractivity (Wildman–Crippen MR) is 204 cm³/mol. The molecule has 0 aliphatic carbocycles. The summed E-state index contributed by atoms with van der Waals surface area (Å²) in [6, 6.07) is 7.80. The van der Waals surface area contributed by atoms with Crippen LogP contribution in [0.3, 0.4) is 0 Å². The maximum Gasteiger partial charge on any atom is 0.407 e. The van der Waals surface area contributed by atoms with Crippen molar-refractivity contribution >= 4 is 166 Å². The predicted octanol–water partition coefficient (Wildman–Crippen LogP) is 6.37. The van der Waals surface area contributed by atoms with Gasteiger partial charge < -0.3 is 26.4 Å². The Morgan fingerprint density at radius 2 is 1.13 bits per heavy atom. The molecule has 0 fully saturated rings. The van der Waals surface area contributed by atoms with E-state index in [1.165, 1.54) is 0 Å². The zero-order valence-electron chi connectivity index (χ0n) is 20.5. The van der Waals surface area contributed by atoms with E-state index in [4.69, 9.17) is 10.5 Å². The third-order valence-corrected chi connectivity index (χ3v) is 11.3. The molecule has 8 nitrogen and oxygen atoms in total. The number of halogens is 7. The van der Waals surface area contributed by atoms with Crippen LogP contribution in [0, 0.1) is 21.4 Å². The maximum absolute atomic E-state index is 12.2. The Kier molecular flexibility index (Phi) is 20.1. The number of rotatable bonds is 7. The normalized spacial score (nSPS) is 10.4. The molecule has 2 aromatic rings. The van der Waals surface area contributed by atoms with Crippen LogP contribution in [0.1, 0.15) is 41.5 Å². The van der Waals surface area contributed by atoms with Crippen molar-refractivity contribution in [2.75, 3.05) is 26.2 Å². The number of hydrogen-bond donors (Lipinski definition) is 4. The lowest BCUT2D eigenvalue weighted by Crippen LogP contribution is -2.38. The highest BCUT2D eigenvalue weighted by atomic mass is 127. The van der Waals surface area contributed by atoms with Crippen LogP contribution >= 0.6 is 148 Å². The van der Waals surface area contributed by atoms with Crippen molar-refractivity contribution in [3.8, 4) is 0 Å². The van der Waals surface area contributed by atoms with Crippen molar-refractivity contribution in [2.24, 2.45) is 5.73 Å². The molecule has 0 spiro atoms. The van der Waals surface area contributed by atoms with E-state index in [1.807, 2.05) is 24.3 Å². The molecule has 0 atom stereocenters. The quantitative estimate of drug-likeness (QED) is 0.146. The molecule has 0 saturated carbocycles. The van der Waals surface area contributed by atoms with Gasteiger partial charge in [0.25, 0.3) is 11.8 Å². The van der Waals surface area contributed by atoms with E-state index < -0.39 is 11.7 Å². The number of ether oxygens (including phenoxy) is 1. The largest absolute Gasteiger partial charge is 0.444 e. The van der Waals surface area contributed by atoms with Gasteiger partial charge in [0, 0.05) is 47.6 Å². The van der Waals surface area contributed by atoms with Gasteiger partial charge in [0.1, 0.15) is 5.60 Å². The maximum atomic E-state index is 12.2. The zero-order chi connectivity index (χ0) is 28.3. The van der Waals surface area contributed by atoms with Crippen molar-refractivity contribution < 1.29 is 19.1 Å². The second-order valence-electron chi connectivity index (χ2n) is 8.23. The fourth-order valence-electron chi connectivity index (χ4n) is 2.47. The smallest absolute Gasteiger partial charge is 0.407 e. The standard InChI is InChI=1S/C14H17I3N2O3.C9H9I3N2O.ClH/c1-14(2,3)22-13(21)19-5-4-18-12(20)9-6-8(15)7-10(16)11(9)17;10-5-3-6(8(12)7(11)4-5)9(15)14-2-1-13;/h6-7H,4-5H2,1-3H3,(H,18,20)(H,19,21);3-4H,1-2,13H2,(H,14,15);1H. The second kappa shape index (κ2) is 19.5. The molecule has 0 unspecified atom stereocenters. The average Bonchev–Trinajstić information content (AvgIpc) is 2.79. The first-order chi connectivity index (χ1) is 17.2. The monoisotopic (exact) mass is 1220 g/mol. The molecule has 2 rings (SSSR count). The van der Waals surface area contributed by atoms with Crippen molar-refractivity contribution in [3.05, 3.63) is 56.8 Å². The van der Waals surface area contributed by atoms with Gasteiger partial charge in [-0.2, -0.15) is 0 Å². The topological polar surface area (TPSA) is 123 Å². The third kappa shape index (κ3) is 15.0. The van der Waals surface area contributed by atoms with Crippen LogP contribution in [0.2, 0.25) is 0 Å². The highest BCUT2D eigenvalue weighted by Gasteiger charge is 2.16. The minimum absolute atomic E-state index is 0. The first-order valence-corrected chi connectivity index (χ1v) is 17.2. The fourth-order valence-corrected chi connectivity index (χ4v) is 7.28. The summed E-state index contributed by atoms with van der Waals surface area (Å²) in [6.07, 6.45) is -0.486. The molecule has 0 aliphatic rings. The molecule has 5 N–H and O–H groups in total. The van der Waals surface area contributed by atoms with Gasteiger partial charge >= 0.3 is 6.09 Å². The Morgan fingerprint density at radius 3 is 1.53 bits per heavy atom. The molecule has 0 bridgehead atoms. The number of carbonyl (C=O) groups excluding carboxylic acids is 3. The Morgan fingerprint density at radius 1 is 0.737 bits per heavy atom. The molecule has 15 heteroatoms. The van der Waals surface area contributed by atoms with Crippen molar-refractivity contribution in [2.45, 2.75) is 26.4 Å². The van der Waals surface area contributed by atoms with E-state index in [2.05, 4.69) is 151 Å². The van der Waals surface area contributed by atoms with E-state index in [0.29, 0.717) is 31.7 Å². The first kappa shape index (κ1) is 39.3. The Balaban J connectivity index is 0.000000750. The van der Waals surface area contributed by atoms with Crippen LogP contribution in [0.25, 0.3) is 0 Å². The van der Waals surface area contributed by atoms with Gasteiger partial charge in [0.2, 0.25) is 0 Å². The summed E-state index contributed by atoms with van der Waals surface area (Å²) in [6.45, 7) is 7.04. The number of hydrogen-bond acceptors (Lipinski definition) is 5. The fraction of sp³-hybridized carbons (Fsp3) is 0.348. The van der Waals surface area contributed by atoms with Gasteiger partial charge in [0.15, 0.2) is 0 Å². The molecule has 0 saturated heterocycles. The van der Waals surface area contributed by atoms with Crippen molar-refractivity contribution in [1.82, 2.24) is 16.0 Å². The van der Waals surface area contributed by atoms with Crippen molar-refractivity contribution in [1.29, 1.82) is 0 Å². The molecule has 0 heterocycles. The van der Waals surface area contributed by atoms with Crippen LogP contribution in [0.4, 0.5) is 4.79 Å². The second-order valence-corrected chi connectivity index (χ2v) is 15.2. The molecule has 0 aromatic heterocycles. The zero-order valence-corrected chi connectivity index (χ0v) is 34.3. The summed E-state index contributed by atoms with van der Waals surface area (Å²) >= 11 is 13.2. The summed E-state index contributed by atoms with van der Waals surface area (Å²) in [7, 11) is 0. The molecule has 0 radical (unpaired) electrons. The number of benzene rings is 2. The van der Waals surface area contributed by atoms with Gasteiger partial charge in [-0.1, -0.05) is 0 Å². The SMILES string of the molecule is CC(C)(C)OC(=O)NCCNC(=O)c1cc(I)cc(I)c1I.Cl.NCCNC(=O)c1cc(I)cc(I)c1I. The minimum atomic E-state index is -0.527. The number of amides is 3. The molecule has 212 valence electrons. The van der Waals surface area contributed by atoms with E-state index >= 15 is 0 Å². The Bertz CT molecular complexity index is 1130. The van der Waals surface area contributed by atoms with E-state index in [1.54, 1.807) is 20.8 Å². The van der Waals surface area contributed by atoms with Crippen molar-refractivity contribution in [3.63, 3.8) is 0 Å². The highest BCUT2D eigenvalue weighted by molar-refractivity contribution is 14.1. The first-order valence-electron chi connectivity index (χ1n) is 10.7. The summed E-state index contributed by atoms with van der Waals surface area (Å²) in [5, 5.41) is 8.16. The van der Waals surface area contributed by atoms with Crippen LogP contribution < -0.4 is 21.7 Å². The third-order valence-electron chi connectivity index (χ3n) is 3.98. The molecular formula is C23H27ClI6N4O4. The molecule has 3 amide bonds. The number of nitrogens with one attached hydrogen (secondary N) is 3. The van der Waals surface area contributed by atoms with Crippen LogP contribution in [0.15, 0.2) is 24.3 Å². The summed E-state index contributed by atoms with van der Waals surface area (Å²) in [5.41, 5.74) is 6.18. The number of alkyl carbamates (subject to hydrolysis) is 1. The van der Waals surface area contributed by atoms with Gasteiger partial charge in [-0.25, -0.2) is 4.79 Å². The highest BCUT2D eigenvalue weighted by Crippen LogP contribution is 2.23. The average molecular weight is 1220 g/mol. The van der Waals surface area contributed by atoms with Gasteiger partial charge in [-0.05, 0) is 181 Å². The molecule has 0 aliphatic heterocycles. The van der Waals surface area contributed by atoms with Gasteiger partial charge in [-0.15, -0.1) is 12.4 Å². The lowest BCUT2D eigenvalue weighted by atomic mass is 10.2. The lowest BCUT2D eigenvalue weighted by molar-refractivity contribution is 0.0526. The van der Waals surface area contributed by atoms with Gasteiger partial charge in [-0.3, -0.25) is 9.59 Å². The molecule has 2 aromatic carbocycles. The number of carbonyl (C=O) groups is 3. The van der Waals surface area contributed by atoms with Crippen LogP contribution in [-0.2, 0) is 4.74 Å². The van der Waals surface area contributed by atoms with Gasteiger partial charge in [0.05, 0.1) is 11.1 Å². The Hall–Kier alpha value is 1.28. The van der Waals surface area contributed by atoms with E-state index in [-0.39, 0.29) is 24.2 Å².